The van der Waals surface area contributed by atoms with Crippen LogP contribution in [0, 0.1) is 0 Å². The Morgan fingerprint density at radius 1 is 0.759 bits per heavy atom. The van der Waals surface area contributed by atoms with E-state index in [1.165, 1.54) is 36.4 Å². The van der Waals surface area contributed by atoms with Crippen LogP contribution in [0.15, 0.2) is 54.6 Å². The van der Waals surface area contributed by atoms with Gasteiger partial charge in [-0.25, -0.2) is 0 Å². The molecule has 1 unspecified atom stereocenters. The summed E-state index contributed by atoms with van der Waals surface area (Å²) in [6, 6.07) is 11.9. The molecule has 0 aliphatic heterocycles. The van der Waals surface area contributed by atoms with Crippen LogP contribution in [0.5, 0.6) is 11.5 Å². The normalized spacial score (nSPS) is 13.8. The first-order chi connectivity index (χ1) is 13.5. The van der Waals surface area contributed by atoms with Crippen molar-refractivity contribution in [2.45, 2.75) is 4.75 Å². The third kappa shape index (κ3) is 3.54. The van der Waals surface area contributed by atoms with E-state index < -0.39 is 31.4 Å². The van der Waals surface area contributed by atoms with Crippen LogP contribution in [0.2, 0.25) is 20.1 Å². The van der Waals surface area contributed by atoms with Gasteiger partial charge in [0.05, 0.1) is 10.0 Å². The summed E-state index contributed by atoms with van der Waals surface area (Å²) in [6.07, 6.45) is 0. The molecule has 0 heterocycles. The van der Waals surface area contributed by atoms with E-state index in [0.29, 0.717) is 0 Å². The van der Waals surface area contributed by atoms with E-state index in [-0.39, 0.29) is 31.8 Å². The maximum Gasteiger partial charge on any atom is 0.283 e. The van der Waals surface area contributed by atoms with E-state index in [1.54, 1.807) is 6.07 Å². The van der Waals surface area contributed by atoms with Crippen LogP contribution in [0.25, 0.3) is 0 Å². The summed E-state index contributed by atoms with van der Waals surface area (Å²) in [7, 11) is -5.14. The molecular weight excluding hydrogens is 482 g/mol. The number of halogens is 4. The van der Waals surface area contributed by atoms with E-state index in [1.807, 2.05) is 0 Å². The van der Waals surface area contributed by atoms with Gasteiger partial charge in [-0.2, -0.15) is 8.42 Å². The largest absolute Gasteiger partial charge is 0.508 e. The number of phenolic OH excluding ortho intramolecular Hbond substituents is 2. The quantitative estimate of drug-likeness (QED) is 0.311. The molecule has 0 amide bonds. The van der Waals surface area contributed by atoms with E-state index in [4.69, 9.17) is 46.4 Å². The van der Waals surface area contributed by atoms with Crippen molar-refractivity contribution in [1.29, 1.82) is 0 Å². The lowest BCUT2D eigenvalue weighted by atomic mass is 9.83. The molecule has 3 N–H and O–H groups in total. The van der Waals surface area contributed by atoms with Gasteiger partial charge >= 0.3 is 0 Å². The maximum absolute atomic E-state index is 13.0. The zero-order valence-corrected chi connectivity index (χ0v) is 18.1. The smallest absolute Gasteiger partial charge is 0.283 e. The number of hydrogen-bond donors (Lipinski definition) is 3. The van der Waals surface area contributed by atoms with Crippen molar-refractivity contribution in [3.05, 3.63) is 91.4 Å². The fourth-order valence-corrected chi connectivity index (χ4v) is 5.62. The highest BCUT2D eigenvalue weighted by molar-refractivity contribution is 7.87. The minimum atomic E-state index is -5.14. The van der Waals surface area contributed by atoms with E-state index >= 15 is 0 Å². The number of aromatic hydroxyl groups is 2. The number of hydrogen-bond acceptors (Lipinski definition) is 4. The van der Waals surface area contributed by atoms with Gasteiger partial charge in [-0.1, -0.05) is 70.7 Å². The van der Waals surface area contributed by atoms with Crippen molar-refractivity contribution in [3.8, 4) is 11.5 Å². The summed E-state index contributed by atoms with van der Waals surface area (Å²) in [6.45, 7) is 0. The average Bonchev–Trinajstić information content (AvgIpc) is 2.65. The van der Waals surface area contributed by atoms with Gasteiger partial charge in [0, 0.05) is 26.7 Å². The van der Waals surface area contributed by atoms with Gasteiger partial charge in [-0.05, 0) is 30.3 Å². The first-order valence-corrected chi connectivity index (χ1v) is 10.9. The highest BCUT2D eigenvalue weighted by atomic mass is 35.5. The van der Waals surface area contributed by atoms with Crippen LogP contribution in [0.1, 0.15) is 16.7 Å². The summed E-state index contributed by atoms with van der Waals surface area (Å²) in [4.78, 5) is 0. The lowest BCUT2D eigenvalue weighted by Crippen LogP contribution is -2.39. The third-order valence-electron chi connectivity index (χ3n) is 4.42. The van der Waals surface area contributed by atoms with Gasteiger partial charge < -0.3 is 10.2 Å². The van der Waals surface area contributed by atoms with Crippen LogP contribution in [-0.2, 0) is 14.9 Å². The monoisotopic (exact) mass is 492 g/mol. The van der Waals surface area contributed by atoms with Gasteiger partial charge in [-0.3, -0.25) is 4.55 Å². The molecule has 0 spiro atoms. The predicted molar refractivity (Wildman–Crippen MR) is 114 cm³/mol. The van der Waals surface area contributed by atoms with Crippen molar-refractivity contribution in [2.24, 2.45) is 0 Å². The van der Waals surface area contributed by atoms with Crippen LogP contribution in [0.4, 0.5) is 0 Å². The van der Waals surface area contributed by atoms with Crippen molar-refractivity contribution < 1.29 is 23.2 Å². The molecule has 0 saturated carbocycles. The molecule has 0 aliphatic rings. The SMILES string of the molecule is O=S(=O)(O)C(c1cc(Cl)ccc1O)(c1ccccc1Cl)c1ccc(Cl)c(O)c1Cl. The highest BCUT2D eigenvalue weighted by Gasteiger charge is 2.52. The zero-order chi connectivity index (χ0) is 21.6. The lowest BCUT2D eigenvalue weighted by Gasteiger charge is -2.34. The third-order valence-corrected chi connectivity index (χ3v) is 7.11. The molecule has 3 aromatic rings. The molecule has 3 aromatic carbocycles. The Balaban J connectivity index is 2.66. The summed E-state index contributed by atoms with van der Waals surface area (Å²) in [5.41, 5.74) is -0.719. The first kappa shape index (κ1) is 22.0. The molecule has 5 nitrogen and oxygen atoms in total. The van der Waals surface area contributed by atoms with Crippen LogP contribution in [-0.4, -0.2) is 23.2 Å². The van der Waals surface area contributed by atoms with Gasteiger partial charge in [0.1, 0.15) is 5.75 Å². The molecular formula is C19H12Cl4O5S. The molecule has 0 aliphatic carbocycles. The topological polar surface area (TPSA) is 94.8 Å². The molecule has 0 saturated heterocycles. The Morgan fingerprint density at radius 2 is 1.41 bits per heavy atom. The first-order valence-electron chi connectivity index (χ1n) is 7.90. The Morgan fingerprint density at radius 3 is 2.03 bits per heavy atom. The van der Waals surface area contributed by atoms with Crippen LogP contribution >= 0.6 is 46.4 Å². The molecule has 0 radical (unpaired) electrons. The Kier molecular flexibility index (Phi) is 5.98. The molecule has 0 fully saturated rings. The van der Waals surface area contributed by atoms with E-state index in [2.05, 4.69) is 0 Å². The summed E-state index contributed by atoms with van der Waals surface area (Å²) in [5, 5.41) is 20.2. The molecule has 3 rings (SSSR count). The lowest BCUT2D eigenvalue weighted by molar-refractivity contribution is 0.439. The molecule has 1 atom stereocenters. The average molecular weight is 494 g/mol. The second-order valence-corrected chi connectivity index (χ2v) is 9.25. The minimum Gasteiger partial charge on any atom is -0.508 e. The molecule has 152 valence electrons. The molecule has 0 bridgehead atoms. The van der Waals surface area contributed by atoms with Gasteiger partial charge in [0.25, 0.3) is 10.1 Å². The second kappa shape index (κ2) is 7.87. The van der Waals surface area contributed by atoms with E-state index in [9.17, 15) is 23.2 Å². The molecule has 29 heavy (non-hydrogen) atoms. The van der Waals surface area contributed by atoms with E-state index in [0.717, 1.165) is 12.1 Å². The number of phenols is 2. The summed E-state index contributed by atoms with van der Waals surface area (Å²) >= 11 is 24.5. The van der Waals surface area contributed by atoms with Crippen LogP contribution < -0.4 is 0 Å². The predicted octanol–water partition coefficient (Wildman–Crippen LogP) is 5.89. The fourth-order valence-electron chi connectivity index (χ4n) is 3.20. The molecule has 10 heteroatoms. The van der Waals surface area contributed by atoms with Crippen molar-refractivity contribution in [1.82, 2.24) is 0 Å². The molecule has 0 aromatic heterocycles. The van der Waals surface area contributed by atoms with Crippen molar-refractivity contribution >= 4 is 56.5 Å². The maximum atomic E-state index is 13.0. The number of rotatable bonds is 4. The Labute approximate surface area is 186 Å². The minimum absolute atomic E-state index is 0.0463. The summed E-state index contributed by atoms with van der Waals surface area (Å²) in [5.74, 6) is -1.11. The van der Waals surface area contributed by atoms with Crippen molar-refractivity contribution in [2.75, 3.05) is 0 Å². The Bertz CT molecular complexity index is 1210. The number of benzene rings is 3. The van der Waals surface area contributed by atoms with Gasteiger partial charge in [0.2, 0.25) is 0 Å². The second-order valence-electron chi connectivity index (χ2n) is 6.06. The van der Waals surface area contributed by atoms with Gasteiger partial charge in [-0.15, -0.1) is 0 Å². The van der Waals surface area contributed by atoms with Crippen LogP contribution in [0.3, 0.4) is 0 Å². The zero-order valence-electron chi connectivity index (χ0n) is 14.3. The fraction of sp³-hybridized carbons (Fsp3) is 0.0526. The highest BCUT2D eigenvalue weighted by Crippen LogP contribution is 2.53. The van der Waals surface area contributed by atoms with Crippen molar-refractivity contribution in [3.63, 3.8) is 0 Å². The standard InChI is InChI=1S/C19H12Cl4O5S/c20-10-5-8-16(24)13(9-10)19(29(26,27)28,11-3-1-2-4-14(11)21)12-6-7-15(22)18(25)17(12)23/h1-9,24-25H,(H,26,27,28). The summed E-state index contributed by atoms with van der Waals surface area (Å²) < 4.78 is 33.9. The Hall–Kier alpha value is -1.67. The van der Waals surface area contributed by atoms with Gasteiger partial charge in [0.15, 0.2) is 10.5 Å².